The van der Waals surface area contributed by atoms with Crippen molar-refractivity contribution in [3.63, 3.8) is 0 Å². The maximum absolute atomic E-state index is 13.6. The molecule has 2 aliphatic heterocycles. The van der Waals surface area contributed by atoms with Crippen molar-refractivity contribution in [3.8, 4) is 17.2 Å². The third-order valence-electron chi connectivity index (χ3n) is 6.57. The first-order valence-corrected chi connectivity index (χ1v) is 11.8. The first-order chi connectivity index (χ1) is 17.6. The second-order valence-electron chi connectivity index (χ2n) is 8.87. The van der Waals surface area contributed by atoms with Crippen LogP contribution in [0.5, 0.6) is 17.2 Å². The number of nitrogens with one attached hydrogen (secondary N) is 1. The molecule has 0 spiro atoms. The van der Waals surface area contributed by atoms with Gasteiger partial charge in [-0.25, -0.2) is 0 Å². The van der Waals surface area contributed by atoms with Gasteiger partial charge in [0.1, 0.15) is 24.3 Å². The molecule has 0 bridgehead atoms. The maximum Gasteiger partial charge on any atom is 0.258 e. The summed E-state index contributed by atoms with van der Waals surface area (Å²) < 4.78 is 22.2. The first kappa shape index (κ1) is 22.0. The van der Waals surface area contributed by atoms with Gasteiger partial charge in [0, 0.05) is 12.2 Å². The number of rotatable bonds is 6. The van der Waals surface area contributed by atoms with E-state index in [0.717, 1.165) is 45.3 Å². The summed E-state index contributed by atoms with van der Waals surface area (Å²) in [5, 5.41) is 7.52. The van der Waals surface area contributed by atoms with E-state index in [1.165, 1.54) is 0 Å². The van der Waals surface area contributed by atoms with Crippen LogP contribution in [0.15, 0.2) is 71.3 Å². The van der Waals surface area contributed by atoms with Gasteiger partial charge in [-0.05, 0) is 61.4 Å². The minimum absolute atomic E-state index is 0.0363. The van der Waals surface area contributed by atoms with Gasteiger partial charge in [-0.3, -0.25) is 4.79 Å². The molecule has 4 aromatic rings. The van der Waals surface area contributed by atoms with Crippen LogP contribution in [0, 0.1) is 13.8 Å². The van der Waals surface area contributed by atoms with Gasteiger partial charge in [-0.15, -0.1) is 0 Å². The lowest BCUT2D eigenvalue weighted by molar-refractivity contribution is 0.0666. The summed E-state index contributed by atoms with van der Waals surface area (Å²) >= 11 is 0. The van der Waals surface area contributed by atoms with Gasteiger partial charge in [-0.1, -0.05) is 35.5 Å². The summed E-state index contributed by atoms with van der Waals surface area (Å²) in [7, 11) is 0. The Morgan fingerprint density at radius 2 is 1.83 bits per heavy atom. The number of amides is 1. The Morgan fingerprint density at radius 1 is 1.03 bits per heavy atom. The molecule has 6 rings (SSSR count). The normalized spacial score (nSPS) is 16.0. The third-order valence-corrected chi connectivity index (χ3v) is 6.57. The molecule has 1 amide bonds. The summed E-state index contributed by atoms with van der Waals surface area (Å²) in [6, 6.07) is 21.1. The van der Waals surface area contributed by atoms with Crippen molar-refractivity contribution in [2.24, 2.45) is 0 Å². The highest BCUT2D eigenvalue weighted by Crippen LogP contribution is 2.37. The predicted molar refractivity (Wildman–Crippen MR) is 132 cm³/mol. The maximum atomic E-state index is 13.6. The number of carbonyl (C=O) groups excluding carboxylic acids is 1. The predicted octanol–water partition coefficient (Wildman–Crippen LogP) is 5.37. The molecule has 8 nitrogen and oxygen atoms in total. The number of benzene rings is 3. The molecule has 1 aromatic heterocycles. The molecule has 3 heterocycles. The number of carbonyl (C=O) groups is 1. The molecule has 182 valence electrons. The quantitative estimate of drug-likeness (QED) is 0.395. The van der Waals surface area contributed by atoms with Crippen LogP contribution in [0.1, 0.15) is 44.7 Å². The van der Waals surface area contributed by atoms with Crippen LogP contribution >= 0.6 is 0 Å². The molecule has 0 fully saturated rings. The Kier molecular flexibility index (Phi) is 5.48. The van der Waals surface area contributed by atoms with E-state index in [9.17, 15) is 4.79 Å². The summed E-state index contributed by atoms with van der Waals surface area (Å²) in [5.74, 6) is 2.86. The highest BCUT2D eigenvalue weighted by Gasteiger charge is 2.33. The Labute approximate surface area is 208 Å². The van der Waals surface area contributed by atoms with Crippen LogP contribution < -0.4 is 19.5 Å². The minimum atomic E-state index is -0.352. The van der Waals surface area contributed by atoms with Gasteiger partial charge in [0.05, 0.1) is 16.8 Å². The van der Waals surface area contributed by atoms with Gasteiger partial charge >= 0.3 is 0 Å². The van der Waals surface area contributed by atoms with Crippen LogP contribution in [0.25, 0.3) is 0 Å². The largest absolute Gasteiger partial charge is 0.489 e. The fourth-order valence-electron chi connectivity index (χ4n) is 4.56. The van der Waals surface area contributed by atoms with Gasteiger partial charge in [0.15, 0.2) is 11.5 Å². The van der Waals surface area contributed by atoms with Gasteiger partial charge < -0.3 is 29.0 Å². The highest BCUT2D eigenvalue weighted by molar-refractivity contribution is 6.01. The van der Waals surface area contributed by atoms with E-state index in [2.05, 4.69) is 10.5 Å². The number of para-hydroxylation sites is 1. The van der Waals surface area contributed by atoms with E-state index < -0.39 is 0 Å². The molecule has 2 aliphatic rings. The lowest BCUT2D eigenvalue weighted by Gasteiger charge is -2.38. The van der Waals surface area contributed by atoms with Crippen LogP contribution in [-0.4, -0.2) is 22.8 Å². The van der Waals surface area contributed by atoms with E-state index in [0.29, 0.717) is 24.5 Å². The zero-order chi connectivity index (χ0) is 24.6. The molecule has 0 saturated carbocycles. The summed E-state index contributed by atoms with van der Waals surface area (Å²) in [4.78, 5) is 15.4. The lowest BCUT2D eigenvalue weighted by Crippen LogP contribution is -2.42. The van der Waals surface area contributed by atoms with Gasteiger partial charge in [-0.2, -0.15) is 0 Å². The minimum Gasteiger partial charge on any atom is -0.489 e. The number of nitrogens with zero attached hydrogens (tertiary/aromatic N) is 2. The van der Waals surface area contributed by atoms with Crippen molar-refractivity contribution >= 4 is 11.6 Å². The zero-order valence-electron chi connectivity index (χ0n) is 20.0. The van der Waals surface area contributed by atoms with Gasteiger partial charge in [0.2, 0.25) is 6.79 Å². The molecule has 1 N–H and O–H groups in total. The Hall–Kier alpha value is -4.46. The lowest BCUT2D eigenvalue weighted by atomic mass is 10.0. The second kappa shape index (κ2) is 8.96. The number of hydrogen-bond donors (Lipinski definition) is 1. The Balaban J connectivity index is 1.26. The van der Waals surface area contributed by atoms with Crippen LogP contribution in [0.3, 0.4) is 0 Å². The smallest absolute Gasteiger partial charge is 0.258 e. The molecule has 1 atom stereocenters. The van der Waals surface area contributed by atoms with Crippen LogP contribution in [-0.2, 0) is 13.2 Å². The van der Waals surface area contributed by atoms with Crippen molar-refractivity contribution < 1.29 is 23.5 Å². The molecular weight excluding hydrogens is 458 g/mol. The van der Waals surface area contributed by atoms with E-state index in [-0.39, 0.29) is 18.9 Å². The first-order valence-electron chi connectivity index (χ1n) is 11.8. The molecule has 0 saturated heterocycles. The highest BCUT2D eigenvalue weighted by atomic mass is 16.7. The molecule has 8 heteroatoms. The van der Waals surface area contributed by atoms with E-state index in [4.69, 9.17) is 18.7 Å². The number of fused-ring (bicyclic) bond motifs is 2. The summed E-state index contributed by atoms with van der Waals surface area (Å²) in [6.07, 6.45) is -0.352. The number of ether oxygens (including phenoxy) is 3. The monoisotopic (exact) mass is 483 g/mol. The molecule has 3 aromatic carbocycles. The number of aromatic nitrogens is 1. The SMILES string of the molecule is Cc1noc(C)c1COc1ccc([C@@H]2Nc3ccccc3C(=O)N2Cc2ccc3c(c2)OCO3)cc1. The second-order valence-corrected chi connectivity index (χ2v) is 8.87. The summed E-state index contributed by atoms with van der Waals surface area (Å²) in [5.41, 5.74) is 5.14. The molecule has 0 aliphatic carbocycles. The molecule has 0 unspecified atom stereocenters. The van der Waals surface area contributed by atoms with Crippen LogP contribution in [0.4, 0.5) is 5.69 Å². The van der Waals surface area contributed by atoms with Gasteiger partial charge in [0.25, 0.3) is 5.91 Å². The summed E-state index contributed by atoms with van der Waals surface area (Å²) in [6.45, 7) is 4.77. The number of hydrogen-bond acceptors (Lipinski definition) is 7. The van der Waals surface area contributed by atoms with Crippen LogP contribution in [0.2, 0.25) is 0 Å². The number of aryl methyl sites for hydroxylation is 2. The van der Waals surface area contributed by atoms with E-state index in [1.54, 1.807) is 0 Å². The van der Waals surface area contributed by atoms with Crippen molar-refractivity contribution in [1.29, 1.82) is 0 Å². The van der Waals surface area contributed by atoms with E-state index in [1.807, 2.05) is 85.5 Å². The van der Waals surface area contributed by atoms with Crippen molar-refractivity contribution in [2.45, 2.75) is 33.2 Å². The average Bonchev–Trinajstić information content (AvgIpc) is 3.50. The fraction of sp³-hybridized carbons (Fsp3) is 0.214. The Morgan fingerprint density at radius 3 is 2.64 bits per heavy atom. The molecular formula is C28H25N3O5. The Bertz CT molecular complexity index is 1410. The average molecular weight is 484 g/mol. The molecule has 0 radical (unpaired) electrons. The van der Waals surface area contributed by atoms with Crippen molar-refractivity contribution in [1.82, 2.24) is 10.1 Å². The van der Waals surface area contributed by atoms with E-state index >= 15 is 0 Å². The standard InChI is InChI=1S/C28H25N3O5/c1-17-23(18(2)36-30-17)15-33-21-10-8-20(9-11-21)27-29-24-6-4-3-5-22(24)28(32)31(27)14-19-7-12-25-26(13-19)35-16-34-25/h3-13,27,29H,14-16H2,1-2H3/t27-/m1/s1. The molecule has 36 heavy (non-hydrogen) atoms. The topological polar surface area (TPSA) is 86.1 Å². The van der Waals surface area contributed by atoms with Crippen molar-refractivity contribution in [2.75, 3.05) is 12.1 Å². The van der Waals surface area contributed by atoms with Crippen molar-refractivity contribution in [3.05, 3.63) is 100 Å². The zero-order valence-corrected chi connectivity index (χ0v) is 20.0. The fourth-order valence-corrected chi connectivity index (χ4v) is 4.56. The number of anilines is 1. The third kappa shape index (κ3) is 4.00.